The summed E-state index contributed by atoms with van der Waals surface area (Å²) in [5.41, 5.74) is 2.75. The molecule has 0 bridgehead atoms. The Morgan fingerprint density at radius 1 is 1.07 bits per heavy atom. The highest BCUT2D eigenvalue weighted by Crippen LogP contribution is 2.36. The second-order valence-electron chi connectivity index (χ2n) is 10.1. The van der Waals surface area contributed by atoms with Gasteiger partial charge in [0.25, 0.3) is 0 Å². The van der Waals surface area contributed by atoms with Gasteiger partial charge in [0.2, 0.25) is 17.7 Å². The van der Waals surface area contributed by atoms with Gasteiger partial charge in [0.1, 0.15) is 29.6 Å². The fourth-order valence-corrected chi connectivity index (χ4v) is 5.14. The van der Waals surface area contributed by atoms with Crippen molar-refractivity contribution in [3.8, 4) is 11.5 Å². The van der Waals surface area contributed by atoms with E-state index in [-0.39, 0.29) is 18.6 Å². The van der Waals surface area contributed by atoms with Gasteiger partial charge in [0, 0.05) is 43.1 Å². The lowest BCUT2D eigenvalue weighted by Gasteiger charge is -2.32. The highest BCUT2D eigenvalue weighted by atomic mass is 16.5. The van der Waals surface area contributed by atoms with Gasteiger partial charge in [-0.05, 0) is 61.4 Å². The molecule has 5 rings (SSSR count). The number of ether oxygens (including phenoxy) is 3. The van der Waals surface area contributed by atoms with Crippen molar-refractivity contribution in [2.75, 3.05) is 37.6 Å². The standard InChI is InChI=1S/C31H34N6O6/c1-20(38)33-21-10-12-22(13-11-21)37(29(39)19-36-27-9-5-4-8-26(27)34-35-36)30(31(40)32-18-24-7-6-16-43-24)25-15-14-23(41-2)17-28(25)42-3/h4-5,8-15,17,24,30H,6-7,16,18-19H2,1-3H3,(H,32,40)(H,33,38)/t24-,30+/m0/s1. The van der Waals surface area contributed by atoms with Crippen LogP contribution in [0.4, 0.5) is 11.4 Å². The minimum Gasteiger partial charge on any atom is -0.497 e. The highest BCUT2D eigenvalue weighted by Gasteiger charge is 2.36. The number of nitrogens with zero attached hydrogens (tertiary/aromatic N) is 4. The van der Waals surface area contributed by atoms with Gasteiger partial charge in [-0.1, -0.05) is 17.3 Å². The van der Waals surface area contributed by atoms with Crippen molar-refractivity contribution in [3.63, 3.8) is 0 Å². The van der Waals surface area contributed by atoms with Crippen molar-refractivity contribution in [1.29, 1.82) is 0 Å². The van der Waals surface area contributed by atoms with E-state index in [2.05, 4.69) is 20.9 Å². The second kappa shape index (κ2) is 13.3. The Hall–Kier alpha value is -4.97. The van der Waals surface area contributed by atoms with Crippen molar-refractivity contribution in [3.05, 3.63) is 72.3 Å². The summed E-state index contributed by atoms with van der Waals surface area (Å²) >= 11 is 0. The van der Waals surface area contributed by atoms with Gasteiger partial charge in [-0.25, -0.2) is 4.68 Å². The largest absolute Gasteiger partial charge is 0.497 e. The number of carbonyl (C=O) groups excluding carboxylic acids is 3. The summed E-state index contributed by atoms with van der Waals surface area (Å²) in [4.78, 5) is 41.5. The molecular formula is C31H34N6O6. The zero-order chi connectivity index (χ0) is 30.3. The van der Waals surface area contributed by atoms with E-state index in [4.69, 9.17) is 14.2 Å². The molecule has 3 aromatic carbocycles. The van der Waals surface area contributed by atoms with Crippen molar-refractivity contribution in [1.82, 2.24) is 20.3 Å². The minimum absolute atomic E-state index is 0.107. The van der Waals surface area contributed by atoms with Crippen LogP contribution in [-0.4, -0.2) is 66.2 Å². The second-order valence-corrected chi connectivity index (χ2v) is 10.1. The number of methoxy groups -OCH3 is 2. The first-order valence-electron chi connectivity index (χ1n) is 14.0. The molecule has 1 aromatic heterocycles. The Labute approximate surface area is 248 Å². The predicted molar refractivity (Wildman–Crippen MR) is 160 cm³/mol. The average molecular weight is 587 g/mol. The number of anilines is 2. The lowest BCUT2D eigenvalue weighted by atomic mass is 10.0. The molecule has 1 aliphatic rings. The number of benzene rings is 3. The first-order valence-corrected chi connectivity index (χ1v) is 14.0. The predicted octanol–water partition coefficient (Wildman–Crippen LogP) is 3.48. The molecular weight excluding hydrogens is 552 g/mol. The molecule has 0 radical (unpaired) electrons. The molecule has 0 saturated carbocycles. The van der Waals surface area contributed by atoms with Crippen LogP contribution < -0.4 is 25.0 Å². The maximum atomic E-state index is 14.3. The molecule has 1 saturated heterocycles. The molecule has 1 fully saturated rings. The number of carbonyl (C=O) groups is 3. The molecule has 224 valence electrons. The lowest BCUT2D eigenvalue weighted by molar-refractivity contribution is -0.127. The van der Waals surface area contributed by atoms with Gasteiger partial charge < -0.3 is 24.8 Å². The molecule has 1 aliphatic heterocycles. The zero-order valence-corrected chi connectivity index (χ0v) is 24.3. The Morgan fingerprint density at radius 2 is 1.86 bits per heavy atom. The van der Waals surface area contributed by atoms with Crippen LogP contribution in [0.25, 0.3) is 11.0 Å². The first-order chi connectivity index (χ1) is 20.9. The smallest absolute Gasteiger partial charge is 0.249 e. The van der Waals surface area contributed by atoms with Crippen LogP contribution in [0.5, 0.6) is 11.5 Å². The number of nitrogens with one attached hydrogen (secondary N) is 2. The van der Waals surface area contributed by atoms with E-state index in [1.165, 1.54) is 30.7 Å². The van der Waals surface area contributed by atoms with E-state index in [0.717, 1.165) is 12.8 Å². The fraction of sp³-hybridized carbons (Fsp3) is 0.323. The van der Waals surface area contributed by atoms with Gasteiger partial charge >= 0.3 is 0 Å². The van der Waals surface area contributed by atoms with Gasteiger partial charge in [-0.3, -0.25) is 19.3 Å². The molecule has 2 heterocycles. The van der Waals surface area contributed by atoms with Gasteiger partial charge in [0.15, 0.2) is 0 Å². The highest BCUT2D eigenvalue weighted by molar-refractivity contribution is 6.02. The Bertz CT molecular complexity index is 1600. The Morgan fingerprint density at radius 3 is 2.56 bits per heavy atom. The number of fused-ring (bicyclic) bond motifs is 1. The van der Waals surface area contributed by atoms with E-state index in [1.54, 1.807) is 42.5 Å². The molecule has 3 amide bonds. The number of aromatic nitrogens is 3. The molecule has 0 aliphatic carbocycles. The third kappa shape index (κ3) is 6.75. The van der Waals surface area contributed by atoms with Gasteiger partial charge in [0.05, 0.1) is 25.8 Å². The average Bonchev–Trinajstić information content (AvgIpc) is 3.69. The molecule has 0 unspecified atom stereocenters. The molecule has 2 N–H and O–H groups in total. The molecule has 12 heteroatoms. The van der Waals surface area contributed by atoms with Crippen LogP contribution in [0.15, 0.2) is 66.7 Å². The molecule has 4 aromatic rings. The SMILES string of the molecule is COc1ccc([C@H](C(=O)NC[C@@H]2CCCO2)N(C(=O)Cn2nnc3ccccc32)c2ccc(NC(C)=O)cc2)c(OC)c1. The summed E-state index contributed by atoms with van der Waals surface area (Å²) < 4.78 is 18.3. The van der Waals surface area contributed by atoms with E-state index >= 15 is 0 Å². The number of rotatable bonds is 11. The summed E-state index contributed by atoms with van der Waals surface area (Å²) in [5, 5.41) is 14.1. The maximum Gasteiger partial charge on any atom is 0.249 e. The Kier molecular flexibility index (Phi) is 9.16. The van der Waals surface area contributed by atoms with Crippen LogP contribution in [0.1, 0.15) is 31.4 Å². The minimum atomic E-state index is -1.14. The van der Waals surface area contributed by atoms with Crippen LogP contribution in [-0.2, 0) is 25.7 Å². The fourth-order valence-electron chi connectivity index (χ4n) is 5.14. The monoisotopic (exact) mass is 586 g/mol. The van der Waals surface area contributed by atoms with Crippen LogP contribution in [0, 0.1) is 0 Å². The Balaban J connectivity index is 1.59. The number of amides is 3. The molecule has 12 nitrogen and oxygen atoms in total. The van der Waals surface area contributed by atoms with Crippen LogP contribution in [0.2, 0.25) is 0 Å². The summed E-state index contributed by atoms with van der Waals surface area (Å²) in [5.74, 6) is -0.158. The van der Waals surface area contributed by atoms with Crippen molar-refractivity contribution in [2.24, 2.45) is 0 Å². The molecule has 0 spiro atoms. The van der Waals surface area contributed by atoms with Gasteiger partial charge in [-0.2, -0.15) is 0 Å². The molecule has 2 atom stereocenters. The first kappa shape index (κ1) is 29.5. The third-order valence-electron chi connectivity index (χ3n) is 7.21. The molecule has 43 heavy (non-hydrogen) atoms. The van der Waals surface area contributed by atoms with Crippen molar-refractivity contribution in [2.45, 2.75) is 38.5 Å². The van der Waals surface area contributed by atoms with Crippen LogP contribution >= 0.6 is 0 Å². The van der Waals surface area contributed by atoms with Crippen LogP contribution in [0.3, 0.4) is 0 Å². The number of hydrogen-bond donors (Lipinski definition) is 2. The maximum absolute atomic E-state index is 14.3. The van der Waals surface area contributed by atoms with Crippen molar-refractivity contribution >= 4 is 40.1 Å². The summed E-state index contributed by atoms with van der Waals surface area (Å²) in [6.45, 7) is 2.16. The summed E-state index contributed by atoms with van der Waals surface area (Å²) in [6.07, 6.45) is 1.65. The quantitative estimate of drug-likeness (QED) is 0.273. The van der Waals surface area contributed by atoms with E-state index < -0.39 is 17.9 Å². The normalized spacial score (nSPS) is 15.1. The van der Waals surface area contributed by atoms with E-state index in [1.807, 2.05) is 24.3 Å². The summed E-state index contributed by atoms with van der Waals surface area (Å²) in [6, 6.07) is 18.0. The number of hydrogen-bond acceptors (Lipinski definition) is 8. The van der Waals surface area contributed by atoms with Gasteiger partial charge in [-0.15, -0.1) is 5.10 Å². The zero-order valence-electron chi connectivity index (χ0n) is 24.3. The van der Waals surface area contributed by atoms with E-state index in [9.17, 15) is 14.4 Å². The summed E-state index contributed by atoms with van der Waals surface area (Å²) in [7, 11) is 3.03. The topological polar surface area (TPSA) is 137 Å². The van der Waals surface area contributed by atoms with E-state index in [0.29, 0.717) is 52.6 Å². The third-order valence-corrected chi connectivity index (χ3v) is 7.21. The van der Waals surface area contributed by atoms with Crippen molar-refractivity contribution < 1.29 is 28.6 Å². The lowest BCUT2D eigenvalue weighted by Crippen LogP contribution is -2.46. The number of para-hydroxylation sites is 1.